The third-order valence-electron chi connectivity index (χ3n) is 5.95. The predicted molar refractivity (Wildman–Crippen MR) is 84.6 cm³/mol. The molecule has 2 bridgehead atoms. The van der Waals surface area contributed by atoms with Crippen LogP contribution >= 0.6 is 0 Å². The minimum atomic E-state index is -0.433. The Morgan fingerprint density at radius 1 is 1.13 bits per heavy atom. The molecule has 2 N–H and O–H groups in total. The van der Waals surface area contributed by atoms with Crippen LogP contribution in [0.1, 0.15) is 34.1 Å². The summed E-state index contributed by atoms with van der Waals surface area (Å²) in [6.45, 7) is 10.1. The summed E-state index contributed by atoms with van der Waals surface area (Å²) in [6.07, 6.45) is 0.176. The summed E-state index contributed by atoms with van der Waals surface area (Å²) in [5.41, 5.74) is 0.0341. The van der Waals surface area contributed by atoms with Crippen LogP contribution in [0.15, 0.2) is 0 Å². The number of fused-ring (bicyclic) bond motifs is 1. The molecule has 7 atom stereocenters. The summed E-state index contributed by atoms with van der Waals surface area (Å²) in [5.74, 6) is -0.252. The molecule has 4 aliphatic rings. The zero-order chi connectivity index (χ0) is 16.8. The zero-order valence-electron chi connectivity index (χ0n) is 14.4. The maximum atomic E-state index is 12.4. The Bertz CT molecular complexity index is 493. The molecular weight excluding hydrogens is 296 g/mol. The van der Waals surface area contributed by atoms with Crippen LogP contribution in [0.3, 0.4) is 0 Å². The van der Waals surface area contributed by atoms with E-state index in [1.54, 1.807) is 13.8 Å². The molecule has 6 heteroatoms. The van der Waals surface area contributed by atoms with E-state index in [-0.39, 0.29) is 41.1 Å². The van der Waals surface area contributed by atoms with Gasteiger partial charge in [-0.15, -0.1) is 0 Å². The van der Waals surface area contributed by atoms with Crippen molar-refractivity contribution >= 4 is 11.9 Å². The lowest BCUT2D eigenvalue weighted by Gasteiger charge is -2.42. The average Bonchev–Trinajstić information content (AvgIpc) is 3.12. The Balaban J connectivity index is 1.49. The fraction of sp³-hybridized carbons (Fsp3) is 0.882. The number of esters is 2. The molecule has 1 saturated carbocycles. The molecule has 3 heterocycles. The number of hydrogen-bond donors (Lipinski definition) is 2. The van der Waals surface area contributed by atoms with E-state index in [9.17, 15) is 9.59 Å². The van der Waals surface area contributed by atoms with Gasteiger partial charge in [-0.3, -0.25) is 9.59 Å². The van der Waals surface area contributed by atoms with Gasteiger partial charge in [0.05, 0.1) is 11.8 Å². The fourth-order valence-electron chi connectivity index (χ4n) is 4.10. The zero-order valence-corrected chi connectivity index (χ0v) is 14.4. The third kappa shape index (κ3) is 2.98. The van der Waals surface area contributed by atoms with Crippen LogP contribution in [0.2, 0.25) is 0 Å². The largest absolute Gasteiger partial charge is 0.458 e. The average molecular weight is 324 g/mol. The van der Waals surface area contributed by atoms with Crippen molar-refractivity contribution < 1.29 is 19.1 Å². The van der Waals surface area contributed by atoms with Crippen molar-refractivity contribution in [2.24, 2.45) is 23.2 Å². The summed E-state index contributed by atoms with van der Waals surface area (Å²) < 4.78 is 11.1. The Kier molecular flexibility index (Phi) is 4.40. The molecule has 0 spiro atoms. The number of nitrogens with one attached hydrogen (secondary N) is 2. The summed E-state index contributed by atoms with van der Waals surface area (Å²) >= 11 is 0. The van der Waals surface area contributed by atoms with Crippen LogP contribution in [0, 0.1) is 23.2 Å². The minimum absolute atomic E-state index is 0.0341. The van der Waals surface area contributed by atoms with E-state index in [4.69, 9.17) is 9.47 Å². The predicted octanol–water partition coefficient (Wildman–Crippen LogP) is 0.703. The van der Waals surface area contributed by atoms with Crippen LogP contribution in [0.5, 0.6) is 0 Å². The molecular formula is C17H28N2O4. The monoisotopic (exact) mass is 324 g/mol. The van der Waals surface area contributed by atoms with Crippen molar-refractivity contribution in [3.63, 3.8) is 0 Å². The van der Waals surface area contributed by atoms with Crippen LogP contribution in [0.25, 0.3) is 0 Å². The van der Waals surface area contributed by atoms with E-state index in [0.717, 1.165) is 19.5 Å². The maximum Gasteiger partial charge on any atom is 0.311 e. The molecule has 4 rings (SSSR count). The first-order valence-corrected chi connectivity index (χ1v) is 8.67. The highest BCUT2D eigenvalue weighted by Gasteiger charge is 2.60. The van der Waals surface area contributed by atoms with Crippen molar-refractivity contribution in [2.45, 2.75) is 52.4 Å². The Labute approximate surface area is 137 Å². The molecule has 0 aromatic rings. The first-order valence-electron chi connectivity index (χ1n) is 8.67. The van der Waals surface area contributed by atoms with Crippen LogP contribution in [-0.4, -0.2) is 49.8 Å². The Hall–Kier alpha value is -1.14. The van der Waals surface area contributed by atoms with Gasteiger partial charge in [-0.25, -0.2) is 0 Å². The molecule has 1 unspecified atom stereocenters. The highest BCUT2D eigenvalue weighted by Crippen LogP contribution is 2.51. The number of rotatable bonds is 5. The normalized spacial score (nSPS) is 41.0. The number of carbonyl (C=O) groups excluding carboxylic acids is 2. The standard InChI is InChI=1S/C17H28N2O4/c1-9-6-18-7-12(9)15(20)22-10(2)11(3)23-16(21)14-13-5-17(14,4)8-19-13/h9-14,18-19H,5-8H2,1-4H3/t9?,10-,11-,12+,13+,14-,17+/m0/s1. The Morgan fingerprint density at radius 2 is 1.78 bits per heavy atom. The van der Waals surface area contributed by atoms with Crippen LogP contribution in [0.4, 0.5) is 0 Å². The van der Waals surface area contributed by atoms with E-state index in [1.165, 1.54) is 0 Å². The van der Waals surface area contributed by atoms with Crippen molar-refractivity contribution in [2.75, 3.05) is 19.6 Å². The second-order valence-electron chi connectivity index (χ2n) is 7.85. The molecule has 3 aliphatic heterocycles. The van der Waals surface area contributed by atoms with Gasteiger partial charge in [0.15, 0.2) is 0 Å². The van der Waals surface area contributed by atoms with E-state index in [2.05, 4.69) is 17.6 Å². The van der Waals surface area contributed by atoms with Gasteiger partial charge in [0, 0.05) is 19.1 Å². The molecule has 0 aromatic heterocycles. The van der Waals surface area contributed by atoms with Crippen molar-refractivity contribution in [3.05, 3.63) is 0 Å². The third-order valence-corrected chi connectivity index (χ3v) is 5.95. The van der Waals surface area contributed by atoms with Crippen LogP contribution < -0.4 is 10.6 Å². The molecule has 0 amide bonds. The fourth-order valence-corrected chi connectivity index (χ4v) is 4.10. The number of ether oxygens (including phenoxy) is 2. The van der Waals surface area contributed by atoms with Gasteiger partial charge >= 0.3 is 11.9 Å². The second-order valence-corrected chi connectivity index (χ2v) is 7.85. The molecule has 0 radical (unpaired) electrons. The highest BCUT2D eigenvalue weighted by molar-refractivity contribution is 5.77. The van der Waals surface area contributed by atoms with Crippen LogP contribution in [-0.2, 0) is 19.1 Å². The van der Waals surface area contributed by atoms with Gasteiger partial charge in [-0.2, -0.15) is 0 Å². The lowest BCUT2D eigenvalue weighted by atomic mass is 9.62. The van der Waals surface area contributed by atoms with Gasteiger partial charge in [0.2, 0.25) is 0 Å². The van der Waals surface area contributed by atoms with Crippen molar-refractivity contribution in [1.82, 2.24) is 10.6 Å². The quantitative estimate of drug-likeness (QED) is 0.725. The summed E-state index contributed by atoms with van der Waals surface area (Å²) in [6, 6.07) is 0.253. The van der Waals surface area contributed by atoms with Gasteiger partial charge in [-0.05, 0) is 38.1 Å². The topological polar surface area (TPSA) is 76.7 Å². The summed E-state index contributed by atoms with van der Waals surface area (Å²) in [4.78, 5) is 24.6. The molecule has 4 fully saturated rings. The lowest BCUT2D eigenvalue weighted by molar-refractivity contribution is -0.176. The molecule has 1 aliphatic carbocycles. The second kappa shape index (κ2) is 6.06. The molecule has 0 aromatic carbocycles. The van der Waals surface area contributed by atoms with Gasteiger partial charge in [-0.1, -0.05) is 13.8 Å². The number of carbonyl (C=O) groups is 2. The molecule has 3 saturated heterocycles. The highest BCUT2D eigenvalue weighted by atomic mass is 16.6. The minimum Gasteiger partial charge on any atom is -0.458 e. The van der Waals surface area contributed by atoms with E-state index < -0.39 is 12.2 Å². The lowest BCUT2D eigenvalue weighted by Crippen LogP contribution is -2.50. The molecule has 23 heavy (non-hydrogen) atoms. The van der Waals surface area contributed by atoms with E-state index in [1.807, 2.05) is 6.92 Å². The SMILES string of the molecule is CC1CNC[C@H]1C(=O)O[C@@H](C)[C@H](C)OC(=O)[C@@H]1[C@H]2C[C@]1(C)CN2. The van der Waals surface area contributed by atoms with Gasteiger partial charge in [0.1, 0.15) is 12.2 Å². The summed E-state index contributed by atoms with van der Waals surface area (Å²) in [5, 5.41) is 6.54. The van der Waals surface area contributed by atoms with Crippen molar-refractivity contribution in [1.29, 1.82) is 0 Å². The first-order chi connectivity index (χ1) is 10.8. The molecule has 6 nitrogen and oxygen atoms in total. The summed E-state index contributed by atoms with van der Waals surface area (Å²) in [7, 11) is 0. The Morgan fingerprint density at radius 3 is 2.26 bits per heavy atom. The van der Waals surface area contributed by atoms with E-state index in [0.29, 0.717) is 6.54 Å². The first kappa shape index (κ1) is 16.7. The van der Waals surface area contributed by atoms with Gasteiger partial charge < -0.3 is 20.1 Å². The van der Waals surface area contributed by atoms with Gasteiger partial charge in [0.25, 0.3) is 0 Å². The molecule has 130 valence electrons. The van der Waals surface area contributed by atoms with Crippen molar-refractivity contribution in [3.8, 4) is 0 Å². The number of hydrogen-bond acceptors (Lipinski definition) is 6. The maximum absolute atomic E-state index is 12.4. The van der Waals surface area contributed by atoms with E-state index >= 15 is 0 Å². The smallest absolute Gasteiger partial charge is 0.311 e.